The molecule has 0 saturated heterocycles. The molecule has 0 aliphatic rings. The number of amides is 1. The molecule has 3 rings (SSSR count). The number of nitrogens with one attached hydrogen (secondary N) is 1. The number of nitrogens with zero attached hydrogens (tertiary/aromatic N) is 1. The van der Waals surface area contributed by atoms with Crippen LogP contribution in [0.2, 0.25) is 0 Å². The van der Waals surface area contributed by atoms with E-state index in [1.54, 1.807) is 12.1 Å². The lowest BCUT2D eigenvalue weighted by Crippen LogP contribution is -2.21. The molecule has 1 heterocycles. The number of esters is 1. The fourth-order valence-corrected chi connectivity index (χ4v) is 4.08. The van der Waals surface area contributed by atoms with Crippen molar-refractivity contribution in [2.24, 2.45) is 0 Å². The molecule has 7 heteroatoms. The zero-order chi connectivity index (χ0) is 21.7. The number of aryl methyl sites for hydroxylation is 4. The molecule has 1 N–H and O–H groups in total. The van der Waals surface area contributed by atoms with Gasteiger partial charge in [0.05, 0.1) is 11.3 Å². The molecule has 0 fully saturated rings. The van der Waals surface area contributed by atoms with Crippen LogP contribution in [0.15, 0.2) is 51.9 Å². The van der Waals surface area contributed by atoms with Crippen molar-refractivity contribution >= 4 is 29.3 Å². The molecule has 30 heavy (non-hydrogen) atoms. The van der Waals surface area contributed by atoms with Crippen LogP contribution in [-0.4, -0.2) is 23.6 Å². The van der Waals surface area contributed by atoms with Gasteiger partial charge in [-0.05, 0) is 57.0 Å². The van der Waals surface area contributed by atoms with E-state index in [2.05, 4.69) is 10.5 Å². The molecule has 0 unspecified atom stereocenters. The highest BCUT2D eigenvalue weighted by atomic mass is 32.2. The maximum atomic E-state index is 12.6. The van der Waals surface area contributed by atoms with Crippen molar-refractivity contribution < 1.29 is 18.8 Å². The monoisotopic (exact) mass is 424 g/mol. The Labute approximate surface area is 180 Å². The van der Waals surface area contributed by atoms with Gasteiger partial charge in [-0.15, -0.1) is 11.8 Å². The molecule has 0 spiro atoms. The second kappa shape index (κ2) is 9.63. The molecule has 156 valence electrons. The molecule has 2 aromatic carbocycles. The maximum absolute atomic E-state index is 12.6. The minimum absolute atomic E-state index is 0.352. The normalized spacial score (nSPS) is 10.7. The van der Waals surface area contributed by atoms with Crippen LogP contribution in [-0.2, 0) is 15.3 Å². The van der Waals surface area contributed by atoms with Gasteiger partial charge in [-0.25, -0.2) is 4.79 Å². The lowest BCUT2D eigenvalue weighted by molar-refractivity contribution is -0.119. The van der Waals surface area contributed by atoms with E-state index in [1.165, 1.54) is 11.8 Å². The predicted octanol–water partition coefficient (Wildman–Crippen LogP) is 5.00. The topological polar surface area (TPSA) is 81.4 Å². The smallest absolute Gasteiger partial charge is 0.339 e. The van der Waals surface area contributed by atoms with E-state index in [0.29, 0.717) is 17.0 Å². The first kappa shape index (κ1) is 21.6. The Bertz CT molecular complexity index is 1060. The second-order valence-electron chi connectivity index (χ2n) is 7.03. The Hall–Kier alpha value is -3.06. The zero-order valence-electron chi connectivity index (χ0n) is 17.4. The van der Waals surface area contributed by atoms with E-state index >= 15 is 0 Å². The van der Waals surface area contributed by atoms with Crippen LogP contribution in [0.5, 0.6) is 0 Å². The van der Waals surface area contributed by atoms with Crippen molar-refractivity contribution in [3.05, 3.63) is 76.2 Å². The lowest BCUT2D eigenvalue weighted by Gasteiger charge is -2.11. The van der Waals surface area contributed by atoms with Gasteiger partial charge in [0.25, 0.3) is 5.91 Å². The first-order valence-electron chi connectivity index (χ1n) is 9.53. The summed E-state index contributed by atoms with van der Waals surface area (Å²) in [7, 11) is 0. The zero-order valence-corrected chi connectivity index (χ0v) is 18.3. The molecule has 0 saturated carbocycles. The molecule has 1 aromatic heterocycles. The van der Waals surface area contributed by atoms with Gasteiger partial charge in [0.2, 0.25) is 0 Å². The number of thioether (sulfide) groups is 1. The number of carbonyl (C=O) groups excluding carboxylic acids is 2. The summed E-state index contributed by atoms with van der Waals surface area (Å²) in [6.45, 7) is 7.26. The van der Waals surface area contributed by atoms with Crippen LogP contribution in [0.4, 0.5) is 5.69 Å². The highest BCUT2D eigenvalue weighted by molar-refractivity contribution is 7.98. The Balaban J connectivity index is 1.61. The van der Waals surface area contributed by atoms with E-state index < -0.39 is 5.97 Å². The summed E-state index contributed by atoms with van der Waals surface area (Å²) in [6.07, 6.45) is 0. The molecular formula is C23H24N2O4S. The summed E-state index contributed by atoms with van der Waals surface area (Å²) in [5.41, 5.74) is 4.97. The Morgan fingerprint density at radius 3 is 2.60 bits per heavy atom. The van der Waals surface area contributed by atoms with Crippen LogP contribution in [0.1, 0.15) is 38.5 Å². The van der Waals surface area contributed by atoms with Crippen molar-refractivity contribution in [3.63, 3.8) is 0 Å². The van der Waals surface area contributed by atoms with Crippen molar-refractivity contribution in [3.8, 4) is 0 Å². The maximum Gasteiger partial charge on any atom is 0.339 e. The van der Waals surface area contributed by atoms with E-state index in [-0.39, 0.29) is 12.5 Å². The van der Waals surface area contributed by atoms with Crippen molar-refractivity contribution in [1.29, 1.82) is 0 Å². The minimum Gasteiger partial charge on any atom is -0.452 e. The van der Waals surface area contributed by atoms with Gasteiger partial charge in [0, 0.05) is 21.9 Å². The van der Waals surface area contributed by atoms with E-state index in [1.807, 2.05) is 58.0 Å². The third-order valence-electron chi connectivity index (χ3n) is 4.66. The quantitative estimate of drug-likeness (QED) is 0.425. The standard InChI is InChI=1S/C23H24N2O4S/c1-14-9-10-15(2)20(11-14)24-22(26)12-28-23(27)18-7-5-6-8-21(18)30-13-19-16(3)25-29-17(19)4/h5-11H,12-13H2,1-4H3,(H,24,26). The number of hydrogen-bond acceptors (Lipinski definition) is 6. The minimum atomic E-state index is -0.534. The van der Waals surface area contributed by atoms with Gasteiger partial charge in [-0.2, -0.15) is 0 Å². The number of benzene rings is 2. The fraction of sp³-hybridized carbons (Fsp3) is 0.261. The summed E-state index contributed by atoms with van der Waals surface area (Å²) in [6, 6.07) is 13.0. The van der Waals surface area contributed by atoms with Crippen LogP contribution in [0.3, 0.4) is 0 Å². The molecule has 1 amide bonds. The first-order valence-corrected chi connectivity index (χ1v) is 10.5. The SMILES string of the molecule is Cc1ccc(C)c(NC(=O)COC(=O)c2ccccc2SCc2c(C)noc2C)c1. The Morgan fingerprint density at radius 1 is 1.10 bits per heavy atom. The summed E-state index contributed by atoms with van der Waals surface area (Å²) in [5, 5.41) is 6.75. The largest absolute Gasteiger partial charge is 0.452 e. The highest BCUT2D eigenvalue weighted by Crippen LogP contribution is 2.29. The average molecular weight is 425 g/mol. The van der Waals surface area contributed by atoms with Crippen molar-refractivity contribution in [2.45, 2.75) is 38.3 Å². The number of aromatic nitrogens is 1. The van der Waals surface area contributed by atoms with Crippen LogP contribution >= 0.6 is 11.8 Å². The molecule has 3 aromatic rings. The summed E-state index contributed by atoms with van der Waals surface area (Å²) >= 11 is 1.50. The second-order valence-corrected chi connectivity index (χ2v) is 8.05. The third-order valence-corrected chi connectivity index (χ3v) is 5.76. The van der Waals surface area contributed by atoms with Gasteiger partial charge in [-0.1, -0.05) is 29.4 Å². The van der Waals surface area contributed by atoms with Crippen LogP contribution in [0, 0.1) is 27.7 Å². The number of ether oxygens (including phenoxy) is 1. The van der Waals surface area contributed by atoms with Gasteiger partial charge in [0.15, 0.2) is 6.61 Å². The van der Waals surface area contributed by atoms with Gasteiger partial charge in [-0.3, -0.25) is 4.79 Å². The molecule has 0 aliphatic heterocycles. The number of rotatable bonds is 7. The summed E-state index contributed by atoms with van der Waals surface area (Å²) in [4.78, 5) is 25.6. The van der Waals surface area contributed by atoms with Crippen molar-refractivity contribution in [2.75, 3.05) is 11.9 Å². The predicted molar refractivity (Wildman–Crippen MR) is 117 cm³/mol. The molecule has 0 radical (unpaired) electrons. The number of carbonyl (C=O) groups is 2. The van der Waals surface area contributed by atoms with Crippen LogP contribution < -0.4 is 5.32 Å². The molecule has 6 nitrogen and oxygen atoms in total. The summed E-state index contributed by atoms with van der Waals surface area (Å²) < 4.78 is 10.5. The molecule has 0 aliphatic carbocycles. The summed E-state index contributed by atoms with van der Waals surface area (Å²) in [5.74, 6) is 0.479. The Morgan fingerprint density at radius 2 is 1.87 bits per heavy atom. The number of anilines is 1. The van der Waals surface area contributed by atoms with Crippen molar-refractivity contribution in [1.82, 2.24) is 5.16 Å². The third kappa shape index (κ3) is 5.30. The number of hydrogen-bond donors (Lipinski definition) is 1. The average Bonchev–Trinajstić information content (AvgIpc) is 3.05. The van der Waals surface area contributed by atoms with Gasteiger partial charge >= 0.3 is 5.97 Å². The lowest BCUT2D eigenvalue weighted by atomic mass is 10.1. The van der Waals surface area contributed by atoms with E-state index in [0.717, 1.165) is 33.0 Å². The van der Waals surface area contributed by atoms with E-state index in [4.69, 9.17) is 9.26 Å². The Kier molecular flexibility index (Phi) is 6.95. The molecular weight excluding hydrogens is 400 g/mol. The highest BCUT2D eigenvalue weighted by Gasteiger charge is 2.17. The van der Waals surface area contributed by atoms with Crippen LogP contribution in [0.25, 0.3) is 0 Å². The van der Waals surface area contributed by atoms with E-state index in [9.17, 15) is 9.59 Å². The first-order chi connectivity index (χ1) is 14.3. The molecule has 0 bridgehead atoms. The van der Waals surface area contributed by atoms with Gasteiger partial charge < -0.3 is 14.6 Å². The van der Waals surface area contributed by atoms with Gasteiger partial charge in [0.1, 0.15) is 5.76 Å². The molecule has 0 atom stereocenters. The fourth-order valence-electron chi connectivity index (χ4n) is 2.88.